The van der Waals surface area contributed by atoms with Gasteiger partial charge in [0.1, 0.15) is 5.75 Å². The number of nitrogens with zero attached hydrogens (tertiary/aromatic N) is 5. The number of methoxy groups -OCH3 is 2. The molecule has 0 bridgehead atoms. The molecule has 1 unspecified atom stereocenters. The molecule has 1 amide bonds. The van der Waals surface area contributed by atoms with Crippen molar-refractivity contribution in [3.8, 4) is 5.75 Å². The summed E-state index contributed by atoms with van der Waals surface area (Å²) in [5, 5.41) is 8.09. The summed E-state index contributed by atoms with van der Waals surface area (Å²) in [5.74, 6) is 0.709. The Kier molecular flexibility index (Phi) is 4.98. The molecule has 2 aromatic heterocycles. The highest BCUT2D eigenvalue weighted by Crippen LogP contribution is 2.24. The van der Waals surface area contributed by atoms with Crippen LogP contribution in [0.25, 0.3) is 0 Å². The second-order valence-electron chi connectivity index (χ2n) is 6.25. The molecule has 2 aromatic rings. The third kappa shape index (κ3) is 3.48. The van der Waals surface area contributed by atoms with E-state index in [-0.39, 0.29) is 12.0 Å². The van der Waals surface area contributed by atoms with Gasteiger partial charge in [-0.3, -0.25) is 9.78 Å². The van der Waals surface area contributed by atoms with Crippen LogP contribution in [0.1, 0.15) is 33.7 Å². The summed E-state index contributed by atoms with van der Waals surface area (Å²) in [6.45, 7) is 5.63. The lowest BCUT2D eigenvalue weighted by atomic mass is 10.1. The van der Waals surface area contributed by atoms with Crippen molar-refractivity contribution in [1.82, 2.24) is 24.9 Å². The van der Waals surface area contributed by atoms with Crippen molar-refractivity contribution >= 4 is 5.91 Å². The number of carbonyl (C=O) groups excluding carboxylic acids is 1. The fraction of sp³-hybridized carbons (Fsp3) is 0.529. The van der Waals surface area contributed by atoms with Crippen LogP contribution in [-0.2, 0) is 11.3 Å². The minimum atomic E-state index is -0.114. The van der Waals surface area contributed by atoms with Crippen molar-refractivity contribution in [2.45, 2.75) is 32.9 Å². The molecule has 0 aromatic carbocycles. The minimum Gasteiger partial charge on any atom is -0.496 e. The molecule has 3 heterocycles. The molecule has 1 aliphatic heterocycles. The van der Waals surface area contributed by atoms with Crippen molar-refractivity contribution < 1.29 is 14.3 Å². The average Bonchev–Trinajstić information content (AvgIpc) is 3.26. The lowest BCUT2D eigenvalue weighted by Gasteiger charge is -2.14. The number of pyridine rings is 1. The summed E-state index contributed by atoms with van der Waals surface area (Å²) < 4.78 is 12.4. The van der Waals surface area contributed by atoms with Crippen LogP contribution in [0.15, 0.2) is 12.4 Å². The number of hydrogen-bond acceptors (Lipinski definition) is 6. The molecule has 0 aliphatic carbocycles. The predicted octanol–water partition coefficient (Wildman–Crippen LogP) is 1.21. The average molecular weight is 345 g/mol. The van der Waals surface area contributed by atoms with E-state index in [9.17, 15) is 4.79 Å². The fourth-order valence-electron chi connectivity index (χ4n) is 3.12. The van der Waals surface area contributed by atoms with E-state index in [0.29, 0.717) is 25.3 Å². The van der Waals surface area contributed by atoms with E-state index in [4.69, 9.17) is 9.47 Å². The van der Waals surface area contributed by atoms with Crippen LogP contribution in [-0.4, -0.2) is 64.2 Å². The molecule has 0 N–H and O–H groups in total. The molecule has 1 fully saturated rings. The van der Waals surface area contributed by atoms with Crippen molar-refractivity contribution in [2.75, 3.05) is 27.3 Å². The summed E-state index contributed by atoms with van der Waals surface area (Å²) in [7, 11) is 3.31. The van der Waals surface area contributed by atoms with Crippen molar-refractivity contribution in [3.05, 3.63) is 34.9 Å². The zero-order valence-electron chi connectivity index (χ0n) is 15.0. The summed E-state index contributed by atoms with van der Waals surface area (Å²) >= 11 is 0. The minimum absolute atomic E-state index is 0.103. The van der Waals surface area contributed by atoms with Gasteiger partial charge in [0, 0.05) is 37.5 Å². The standard InChI is InChI=1S/C17H23N5O3/c1-11-7-18-14(12(2)16(11)25-4)9-22-10-15(19-20-22)17(23)21-6-5-13(8-21)24-3/h7,10,13H,5-6,8-9H2,1-4H3. The molecule has 0 spiro atoms. The molecule has 8 nitrogen and oxygen atoms in total. The first-order chi connectivity index (χ1) is 12.0. The molecule has 8 heteroatoms. The van der Waals surface area contributed by atoms with Gasteiger partial charge < -0.3 is 14.4 Å². The monoisotopic (exact) mass is 345 g/mol. The smallest absolute Gasteiger partial charge is 0.276 e. The first-order valence-corrected chi connectivity index (χ1v) is 8.24. The van der Waals surface area contributed by atoms with E-state index in [2.05, 4.69) is 15.3 Å². The van der Waals surface area contributed by atoms with Gasteiger partial charge in [-0.2, -0.15) is 0 Å². The Labute approximate surface area is 146 Å². The molecule has 0 saturated carbocycles. The van der Waals surface area contributed by atoms with Crippen LogP contribution in [0.4, 0.5) is 0 Å². The molecule has 3 rings (SSSR count). The van der Waals surface area contributed by atoms with Crippen molar-refractivity contribution in [3.63, 3.8) is 0 Å². The Balaban J connectivity index is 1.73. The number of hydrogen-bond donors (Lipinski definition) is 0. The first-order valence-electron chi connectivity index (χ1n) is 8.24. The highest BCUT2D eigenvalue weighted by atomic mass is 16.5. The number of carbonyl (C=O) groups is 1. The Morgan fingerprint density at radius 3 is 2.84 bits per heavy atom. The lowest BCUT2D eigenvalue weighted by Crippen LogP contribution is -2.30. The Morgan fingerprint density at radius 2 is 2.16 bits per heavy atom. The highest BCUT2D eigenvalue weighted by molar-refractivity contribution is 5.92. The first kappa shape index (κ1) is 17.3. The maximum atomic E-state index is 12.5. The third-order valence-corrected chi connectivity index (χ3v) is 4.58. The number of aryl methyl sites for hydroxylation is 1. The molecular weight excluding hydrogens is 322 g/mol. The Bertz CT molecular complexity index is 774. The van der Waals surface area contributed by atoms with Crippen LogP contribution >= 0.6 is 0 Å². The molecular formula is C17H23N5O3. The molecule has 1 atom stereocenters. The van der Waals surface area contributed by atoms with E-state index in [1.54, 1.807) is 36.2 Å². The van der Waals surface area contributed by atoms with Crippen LogP contribution in [0.5, 0.6) is 5.75 Å². The van der Waals surface area contributed by atoms with Crippen LogP contribution in [0.2, 0.25) is 0 Å². The predicted molar refractivity (Wildman–Crippen MR) is 90.7 cm³/mol. The molecule has 25 heavy (non-hydrogen) atoms. The quantitative estimate of drug-likeness (QED) is 0.810. The van der Waals surface area contributed by atoms with E-state index in [1.165, 1.54) is 0 Å². The largest absolute Gasteiger partial charge is 0.496 e. The summed E-state index contributed by atoms with van der Waals surface area (Å²) in [6, 6.07) is 0. The van der Waals surface area contributed by atoms with Gasteiger partial charge in [-0.25, -0.2) is 4.68 Å². The van der Waals surface area contributed by atoms with E-state index in [0.717, 1.165) is 29.0 Å². The third-order valence-electron chi connectivity index (χ3n) is 4.58. The van der Waals surface area contributed by atoms with Crippen LogP contribution in [0.3, 0.4) is 0 Å². The van der Waals surface area contributed by atoms with Crippen LogP contribution in [0, 0.1) is 13.8 Å². The van der Waals surface area contributed by atoms with Gasteiger partial charge in [0.05, 0.1) is 31.6 Å². The maximum Gasteiger partial charge on any atom is 0.276 e. The topological polar surface area (TPSA) is 82.4 Å². The van der Waals surface area contributed by atoms with Gasteiger partial charge in [-0.05, 0) is 20.3 Å². The fourth-order valence-corrected chi connectivity index (χ4v) is 3.12. The SMILES string of the molecule is COc1c(C)cnc(Cn2cc(C(=O)N3CCC(OC)C3)nn2)c1C. The number of rotatable bonds is 5. The maximum absolute atomic E-state index is 12.5. The summed E-state index contributed by atoms with van der Waals surface area (Å²) in [4.78, 5) is 18.7. The second kappa shape index (κ2) is 7.18. The van der Waals surface area contributed by atoms with Gasteiger partial charge in [0.15, 0.2) is 5.69 Å². The molecule has 0 radical (unpaired) electrons. The second-order valence-corrected chi connectivity index (χ2v) is 6.25. The number of aromatic nitrogens is 4. The Morgan fingerprint density at radius 1 is 1.36 bits per heavy atom. The van der Waals surface area contributed by atoms with Gasteiger partial charge in [0.25, 0.3) is 5.91 Å². The molecule has 1 aliphatic rings. The number of ether oxygens (including phenoxy) is 2. The number of likely N-dealkylation sites (tertiary alicyclic amines) is 1. The molecule has 1 saturated heterocycles. The van der Waals surface area contributed by atoms with Crippen molar-refractivity contribution in [1.29, 1.82) is 0 Å². The lowest BCUT2D eigenvalue weighted by molar-refractivity contribution is 0.0719. The van der Waals surface area contributed by atoms with Crippen molar-refractivity contribution in [2.24, 2.45) is 0 Å². The van der Waals surface area contributed by atoms with E-state index in [1.807, 2.05) is 13.8 Å². The van der Waals surface area contributed by atoms with Gasteiger partial charge in [0.2, 0.25) is 0 Å². The van der Waals surface area contributed by atoms with Crippen LogP contribution < -0.4 is 4.74 Å². The van der Waals surface area contributed by atoms with Gasteiger partial charge in [-0.1, -0.05) is 5.21 Å². The Hall–Kier alpha value is -2.48. The summed E-state index contributed by atoms with van der Waals surface area (Å²) in [6.07, 6.45) is 4.39. The van der Waals surface area contributed by atoms with Gasteiger partial charge in [-0.15, -0.1) is 5.10 Å². The van der Waals surface area contributed by atoms with E-state index < -0.39 is 0 Å². The molecule has 134 valence electrons. The van der Waals surface area contributed by atoms with Gasteiger partial charge >= 0.3 is 0 Å². The highest BCUT2D eigenvalue weighted by Gasteiger charge is 2.28. The summed E-state index contributed by atoms with van der Waals surface area (Å²) in [5.41, 5.74) is 3.13. The number of amides is 1. The van der Waals surface area contributed by atoms with E-state index >= 15 is 0 Å². The zero-order valence-corrected chi connectivity index (χ0v) is 15.0. The normalized spacial score (nSPS) is 17.1. The zero-order chi connectivity index (χ0) is 18.0.